The van der Waals surface area contributed by atoms with Gasteiger partial charge in [0.2, 0.25) is 0 Å². The summed E-state index contributed by atoms with van der Waals surface area (Å²) in [6.07, 6.45) is 3.08. The molecule has 1 saturated heterocycles. The van der Waals surface area contributed by atoms with Crippen molar-refractivity contribution in [1.82, 2.24) is 0 Å². The summed E-state index contributed by atoms with van der Waals surface area (Å²) < 4.78 is 5.49. The average molecular weight is 219 g/mol. The van der Waals surface area contributed by atoms with Crippen LogP contribution in [-0.4, -0.2) is 18.8 Å². The van der Waals surface area contributed by atoms with Gasteiger partial charge in [-0.25, -0.2) is 0 Å². The summed E-state index contributed by atoms with van der Waals surface area (Å²) in [4.78, 5) is 0. The van der Waals surface area contributed by atoms with Gasteiger partial charge in [0, 0.05) is 12.1 Å². The molecule has 0 aromatic heterocycles. The van der Waals surface area contributed by atoms with E-state index in [1.54, 1.807) is 0 Å². The second-order valence-electron chi connectivity index (χ2n) is 5.19. The zero-order valence-corrected chi connectivity index (χ0v) is 10.3. The summed E-state index contributed by atoms with van der Waals surface area (Å²) in [5.41, 5.74) is 10.2. The van der Waals surface area contributed by atoms with Crippen molar-refractivity contribution in [2.75, 3.05) is 13.2 Å². The van der Waals surface area contributed by atoms with E-state index in [1.165, 1.54) is 16.7 Å². The van der Waals surface area contributed by atoms with Gasteiger partial charge in [0.05, 0.1) is 6.61 Å². The Labute approximate surface area is 97.8 Å². The van der Waals surface area contributed by atoms with Gasteiger partial charge in [-0.3, -0.25) is 0 Å². The molecule has 0 radical (unpaired) electrons. The smallest absolute Gasteiger partial charge is 0.0649 e. The average Bonchev–Trinajstić information content (AvgIpc) is 2.15. The lowest BCUT2D eigenvalue weighted by Crippen LogP contribution is -2.49. The summed E-state index contributed by atoms with van der Waals surface area (Å²) in [5, 5.41) is 0. The lowest BCUT2D eigenvalue weighted by atomic mass is 9.86. The molecule has 2 heteroatoms. The molecular weight excluding hydrogens is 198 g/mol. The minimum absolute atomic E-state index is 0.154. The summed E-state index contributed by atoms with van der Waals surface area (Å²) >= 11 is 0. The quantitative estimate of drug-likeness (QED) is 0.828. The molecule has 1 aromatic carbocycles. The topological polar surface area (TPSA) is 35.2 Å². The molecule has 1 fully saturated rings. The number of rotatable bonds is 2. The third kappa shape index (κ3) is 2.83. The van der Waals surface area contributed by atoms with E-state index in [9.17, 15) is 0 Å². The number of aryl methyl sites for hydroxylation is 2. The van der Waals surface area contributed by atoms with Crippen LogP contribution in [0.4, 0.5) is 0 Å². The first-order valence-corrected chi connectivity index (χ1v) is 6.01. The lowest BCUT2D eigenvalue weighted by Gasteiger charge is -2.33. The molecule has 0 saturated carbocycles. The molecule has 0 amide bonds. The van der Waals surface area contributed by atoms with Crippen molar-refractivity contribution in [3.8, 4) is 0 Å². The first kappa shape index (κ1) is 11.6. The van der Waals surface area contributed by atoms with Crippen LogP contribution in [0.2, 0.25) is 0 Å². The highest BCUT2D eigenvalue weighted by atomic mass is 16.5. The van der Waals surface area contributed by atoms with E-state index in [4.69, 9.17) is 10.5 Å². The fourth-order valence-electron chi connectivity index (χ4n) is 2.59. The molecule has 0 aliphatic carbocycles. The Kier molecular flexibility index (Phi) is 3.31. The van der Waals surface area contributed by atoms with E-state index >= 15 is 0 Å². The van der Waals surface area contributed by atoms with Crippen LogP contribution in [-0.2, 0) is 11.2 Å². The first-order chi connectivity index (χ1) is 7.57. The highest BCUT2D eigenvalue weighted by Gasteiger charge is 2.28. The molecule has 1 atom stereocenters. The molecule has 1 unspecified atom stereocenters. The Hall–Kier alpha value is -0.860. The van der Waals surface area contributed by atoms with Crippen molar-refractivity contribution in [3.63, 3.8) is 0 Å². The van der Waals surface area contributed by atoms with Gasteiger partial charge in [-0.05, 0) is 38.7 Å². The third-order valence-corrected chi connectivity index (χ3v) is 3.19. The Morgan fingerprint density at radius 3 is 2.50 bits per heavy atom. The summed E-state index contributed by atoms with van der Waals surface area (Å²) in [6, 6.07) is 6.66. The van der Waals surface area contributed by atoms with Gasteiger partial charge in [-0.15, -0.1) is 0 Å². The maximum Gasteiger partial charge on any atom is 0.0649 e. The zero-order valence-electron chi connectivity index (χ0n) is 10.3. The maximum atomic E-state index is 6.37. The molecule has 2 rings (SSSR count). The largest absolute Gasteiger partial charge is 0.380 e. The normalized spacial score (nSPS) is 25.7. The van der Waals surface area contributed by atoms with Crippen molar-refractivity contribution in [2.24, 2.45) is 5.73 Å². The van der Waals surface area contributed by atoms with Crippen molar-refractivity contribution in [2.45, 2.75) is 38.6 Å². The molecular formula is C14H21NO. The molecule has 88 valence electrons. The van der Waals surface area contributed by atoms with Crippen LogP contribution in [0.5, 0.6) is 0 Å². The number of nitrogens with two attached hydrogens (primary N) is 1. The lowest BCUT2D eigenvalue weighted by molar-refractivity contribution is 0.0382. The Bertz CT molecular complexity index is 347. The zero-order chi connectivity index (χ0) is 11.6. The summed E-state index contributed by atoms with van der Waals surface area (Å²) in [7, 11) is 0. The van der Waals surface area contributed by atoms with E-state index in [1.807, 2.05) is 0 Å². The van der Waals surface area contributed by atoms with Crippen LogP contribution in [0.3, 0.4) is 0 Å². The molecule has 16 heavy (non-hydrogen) atoms. The Balaban J connectivity index is 2.13. The summed E-state index contributed by atoms with van der Waals surface area (Å²) in [6.45, 7) is 5.83. The fourth-order valence-corrected chi connectivity index (χ4v) is 2.59. The van der Waals surface area contributed by atoms with E-state index < -0.39 is 0 Å². The Morgan fingerprint density at radius 1 is 1.25 bits per heavy atom. The van der Waals surface area contributed by atoms with Crippen LogP contribution in [0.25, 0.3) is 0 Å². The van der Waals surface area contributed by atoms with Crippen molar-refractivity contribution in [3.05, 3.63) is 34.9 Å². The van der Waals surface area contributed by atoms with E-state index in [0.29, 0.717) is 6.61 Å². The Morgan fingerprint density at radius 2 is 1.94 bits per heavy atom. The van der Waals surface area contributed by atoms with Crippen LogP contribution >= 0.6 is 0 Å². The van der Waals surface area contributed by atoms with Crippen molar-refractivity contribution in [1.29, 1.82) is 0 Å². The third-order valence-electron chi connectivity index (χ3n) is 3.19. The minimum Gasteiger partial charge on any atom is -0.380 e. The van der Waals surface area contributed by atoms with Crippen LogP contribution in [0.1, 0.15) is 29.5 Å². The first-order valence-electron chi connectivity index (χ1n) is 6.01. The summed E-state index contributed by atoms with van der Waals surface area (Å²) in [5.74, 6) is 0. The molecule has 1 aliphatic heterocycles. The molecule has 0 bridgehead atoms. The molecule has 2 nitrogen and oxygen atoms in total. The van der Waals surface area contributed by atoms with E-state index in [0.717, 1.165) is 25.9 Å². The van der Waals surface area contributed by atoms with E-state index in [-0.39, 0.29) is 5.54 Å². The standard InChI is InChI=1S/C14H21NO/c1-11-6-12(2)8-13(7-11)9-14(15)4-3-5-16-10-14/h6-8H,3-5,9-10,15H2,1-2H3. The van der Waals surface area contributed by atoms with Crippen molar-refractivity contribution < 1.29 is 4.74 Å². The van der Waals surface area contributed by atoms with E-state index in [2.05, 4.69) is 32.0 Å². The number of benzene rings is 1. The van der Waals surface area contributed by atoms with Gasteiger partial charge in [0.1, 0.15) is 0 Å². The van der Waals surface area contributed by atoms with Crippen LogP contribution in [0.15, 0.2) is 18.2 Å². The van der Waals surface area contributed by atoms with Gasteiger partial charge < -0.3 is 10.5 Å². The molecule has 2 N–H and O–H groups in total. The fraction of sp³-hybridized carbons (Fsp3) is 0.571. The maximum absolute atomic E-state index is 6.37. The highest BCUT2D eigenvalue weighted by Crippen LogP contribution is 2.22. The van der Waals surface area contributed by atoms with Gasteiger partial charge >= 0.3 is 0 Å². The van der Waals surface area contributed by atoms with Crippen molar-refractivity contribution >= 4 is 0 Å². The number of ether oxygens (including phenoxy) is 1. The highest BCUT2D eigenvalue weighted by molar-refractivity contribution is 5.29. The predicted molar refractivity (Wildman–Crippen MR) is 66.6 cm³/mol. The van der Waals surface area contributed by atoms with Crippen LogP contribution in [0, 0.1) is 13.8 Å². The molecule has 0 spiro atoms. The SMILES string of the molecule is Cc1cc(C)cc(CC2(N)CCCOC2)c1. The predicted octanol–water partition coefficient (Wildman–Crippen LogP) is 2.35. The van der Waals surface area contributed by atoms with Gasteiger partial charge in [0.15, 0.2) is 0 Å². The second kappa shape index (κ2) is 4.56. The molecule has 1 aliphatic rings. The van der Waals surface area contributed by atoms with Gasteiger partial charge in [0.25, 0.3) is 0 Å². The van der Waals surface area contributed by atoms with Crippen LogP contribution < -0.4 is 5.73 Å². The number of hydrogen-bond donors (Lipinski definition) is 1. The monoisotopic (exact) mass is 219 g/mol. The van der Waals surface area contributed by atoms with Gasteiger partial charge in [-0.2, -0.15) is 0 Å². The molecule has 1 heterocycles. The minimum atomic E-state index is -0.154. The number of hydrogen-bond acceptors (Lipinski definition) is 2. The second-order valence-corrected chi connectivity index (χ2v) is 5.19. The molecule has 1 aromatic rings. The van der Waals surface area contributed by atoms with Gasteiger partial charge in [-0.1, -0.05) is 29.3 Å².